The number of ether oxygens (including phenoxy) is 1. The van der Waals surface area contributed by atoms with Gasteiger partial charge in [0, 0.05) is 25.2 Å². The predicted molar refractivity (Wildman–Crippen MR) is 85.5 cm³/mol. The number of aryl methyl sites for hydroxylation is 1. The molecule has 0 bridgehead atoms. The van der Waals surface area contributed by atoms with E-state index in [4.69, 9.17) is 4.74 Å². The van der Waals surface area contributed by atoms with Gasteiger partial charge < -0.3 is 14.6 Å². The number of methoxy groups -OCH3 is 1. The van der Waals surface area contributed by atoms with Crippen LogP contribution in [0.5, 0.6) is 5.75 Å². The lowest BCUT2D eigenvalue weighted by atomic mass is 10.1. The zero-order valence-electron chi connectivity index (χ0n) is 13.0. The molecule has 0 spiro atoms. The van der Waals surface area contributed by atoms with Crippen LogP contribution >= 0.6 is 0 Å². The van der Waals surface area contributed by atoms with Gasteiger partial charge in [-0.1, -0.05) is 12.1 Å². The first-order chi connectivity index (χ1) is 11.0. The Morgan fingerprint density at radius 3 is 2.57 bits per heavy atom. The number of aromatic amines is 1. The summed E-state index contributed by atoms with van der Waals surface area (Å²) < 4.78 is 6.38. The van der Waals surface area contributed by atoms with Gasteiger partial charge >= 0.3 is 5.69 Å². The molecule has 122 valence electrons. The molecule has 7 nitrogen and oxygen atoms in total. The topological polar surface area (TPSA) is 93.2 Å². The fourth-order valence-corrected chi connectivity index (χ4v) is 2.13. The van der Waals surface area contributed by atoms with Crippen LogP contribution in [-0.2, 0) is 11.3 Å². The molecule has 0 aliphatic heterocycles. The van der Waals surface area contributed by atoms with Crippen molar-refractivity contribution >= 4 is 5.91 Å². The average Bonchev–Trinajstić information content (AvgIpc) is 2.54. The van der Waals surface area contributed by atoms with Crippen LogP contribution in [0.2, 0.25) is 0 Å². The fraction of sp³-hybridized carbons (Fsp3) is 0.312. The number of hydrogen-bond donors (Lipinski definition) is 2. The standard InChI is InChI=1S/C16H19N3O4/c1-11(12-3-5-13(23-2)6-4-12)17-14(20)7-9-19-10-8-15(21)18-16(19)22/h3-6,8,10-11H,7,9H2,1-2H3,(H,17,20)(H,18,21,22). The Morgan fingerprint density at radius 1 is 1.26 bits per heavy atom. The van der Waals surface area contributed by atoms with E-state index in [1.54, 1.807) is 7.11 Å². The summed E-state index contributed by atoms with van der Waals surface area (Å²) in [4.78, 5) is 36.6. The van der Waals surface area contributed by atoms with Crippen LogP contribution in [0.1, 0.15) is 24.9 Å². The molecule has 1 heterocycles. The third kappa shape index (κ3) is 4.57. The van der Waals surface area contributed by atoms with E-state index in [9.17, 15) is 14.4 Å². The first-order valence-corrected chi connectivity index (χ1v) is 7.22. The minimum Gasteiger partial charge on any atom is -0.497 e. The number of H-pyrrole nitrogens is 1. The fourth-order valence-electron chi connectivity index (χ4n) is 2.13. The Kier molecular flexibility index (Phi) is 5.35. The quantitative estimate of drug-likeness (QED) is 0.824. The lowest BCUT2D eigenvalue weighted by Crippen LogP contribution is -2.32. The number of hydrogen-bond acceptors (Lipinski definition) is 4. The van der Waals surface area contributed by atoms with Crippen LogP contribution in [0.3, 0.4) is 0 Å². The highest BCUT2D eigenvalue weighted by Crippen LogP contribution is 2.17. The third-order valence-corrected chi connectivity index (χ3v) is 3.47. The lowest BCUT2D eigenvalue weighted by molar-refractivity contribution is -0.121. The Balaban J connectivity index is 1.90. The van der Waals surface area contributed by atoms with Crippen molar-refractivity contribution in [3.05, 3.63) is 62.9 Å². The van der Waals surface area contributed by atoms with Gasteiger partial charge in [-0.15, -0.1) is 0 Å². The second-order valence-corrected chi connectivity index (χ2v) is 5.12. The van der Waals surface area contributed by atoms with Crippen molar-refractivity contribution in [1.29, 1.82) is 0 Å². The predicted octanol–water partition coefficient (Wildman–Crippen LogP) is 0.813. The number of benzene rings is 1. The Hall–Kier alpha value is -2.83. The number of carbonyl (C=O) groups is 1. The third-order valence-electron chi connectivity index (χ3n) is 3.47. The summed E-state index contributed by atoms with van der Waals surface area (Å²) in [7, 11) is 1.60. The number of aromatic nitrogens is 2. The molecule has 2 aromatic rings. The molecule has 7 heteroatoms. The molecular weight excluding hydrogens is 298 g/mol. The average molecular weight is 317 g/mol. The molecule has 1 atom stereocenters. The second-order valence-electron chi connectivity index (χ2n) is 5.12. The van der Waals surface area contributed by atoms with Gasteiger partial charge in [0.15, 0.2) is 0 Å². The molecule has 0 saturated carbocycles. The summed E-state index contributed by atoms with van der Waals surface area (Å²) in [6.07, 6.45) is 1.52. The van der Waals surface area contributed by atoms with Crippen LogP contribution in [-0.4, -0.2) is 22.6 Å². The SMILES string of the molecule is COc1ccc(C(C)NC(=O)CCn2ccc(=O)[nH]c2=O)cc1. The zero-order chi connectivity index (χ0) is 16.8. The molecular formula is C16H19N3O4. The summed E-state index contributed by atoms with van der Waals surface area (Å²) in [5.41, 5.74) is -0.0160. The highest BCUT2D eigenvalue weighted by Gasteiger charge is 2.10. The maximum atomic E-state index is 12.0. The van der Waals surface area contributed by atoms with Gasteiger partial charge in [-0.05, 0) is 24.6 Å². The van der Waals surface area contributed by atoms with E-state index < -0.39 is 11.2 Å². The van der Waals surface area contributed by atoms with Crippen molar-refractivity contribution in [2.24, 2.45) is 0 Å². The lowest BCUT2D eigenvalue weighted by Gasteiger charge is -2.15. The largest absolute Gasteiger partial charge is 0.497 e. The van der Waals surface area contributed by atoms with E-state index >= 15 is 0 Å². The number of carbonyl (C=O) groups excluding carboxylic acids is 1. The van der Waals surface area contributed by atoms with Crippen LogP contribution in [0, 0.1) is 0 Å². The number of nitrogens with zero attached hydrogens (tertiary/aromatic N) is 1. The van der Waals surface area contributed by atoms with Gasteiger partial charge in [-0.3, -0.25) is 14.6 Å². The Labute approximate surface area is 132 Å². The van der Waals surface area contributed by atoms with Gasteiger partial charge in [0.25, 0.3) is 5.56 Å². The molecule has 2 rings (SSSR count). The van der Waals surface area contributed by atoms with Gasteiger partial charge in [0.1, 0.15) is 5.75 Å². The first kappa shape index (κ1) is 16.5. The first-order valence-electron chi connectivity index (χ1n) is 7.22. The van der Waals surface area contributed by atoms with E-state index in [0.717, 1.165) is 11.3 Å². The highest BCUT2D eigenvalue weighted by atomic mass is 16.5. The number of amides is 1. The molecule has 1 amide bonds. The van der Waals surface area contributed by atoms with Crippen molar-refractivity contribution in [3.8, 4) is 5.75 Å². The van der Waals surface area contributed by atoms with E-state index in [1.165, 1.54) is 16.8 Å². The maximum Gasteiger partial charge on any atom is 0.328 e. The second kappa shape index (κ2) is 7.44. The summed E-state index contributed by atoms with van der Waals surface area (Å²) in [6, 6.07) is 8.53. The summed E-state index contributed by atoms with van der Waals surface area (Å²) >= 11 is 0. The molecule has 0 aliphatic carbocycles. The van der Waals surface area contributed by atoms with E-state index in [0.29, 0.717) is 0 Å². The number of rotatable bonds is 6. The molecule has 0 aliphatic rings. The molecule has 1 unspecified atom stereocenters. The van der Waals surface area contributed by atoms with Gasteiger partial charge in [0.2, 0.25) is 5.91 Å². The molecule has 2 N–H and O–H groups in total. The van der Waals surface area contributed by atoms with Crippen LogP contribution in [0.4, 0.5) is 0 Å². The van der Waals surface area contributed by atoms with E-state index in [-0.39, 0.29) is 24.9 Å². The van der Waals surface area contributed by atoms with Crippen molar-refractivity contribution in [2.45, 2.75) is 25.9 Å². The minimum atomic E-state index is -0.520. The van der Waals surface area contributed by atoms with E-state index in [2.05, 4.69) is 10.3 Å². The van der Waals surface area contributed by atoms with Crippen molar-refractivity contribution in [1.82, 2.24) is 14.9 Å². The molecule has 1 aromatic carbocycles. The number of nitrogens with one attached hydrogen (secondary N) is 2. The Morgan fingerprint density at radius 2 is 1.96 bits per heavy atom. The van der Waals surface area contributed by atoms with Crippen LogP contribution < -0.4 is 21.3 Å². The smallest absolute Gasteiger partial charge is 0.328 e. The minimum absolute atomic E-state index is 0.145. The molecule has 23 heavy (non-hydrogen) atoms. The molecule has 0 fully saturated rings. The van der Waals surface area contributed by atoms with Crippen molar-refractivity contribution in [2.75, 3.05) is 7.11 Å². The van der Waals surface area contributed by atoms with Crippen molar-refractivity contribution < 1.29 is 9.53 Å². The molecule has 0 radical (unpaired) electrons. The van der Waals surface area contributed by atoms with Crippen LogP contribution in [0.25, 0.3) is 0 Å². The summed E-state index contributed by atoms with van der Waals surface area (Å²) in [5.74, 6) is 0.580. The summed E-state index contributed by atoms with van der Waals surface area (Å²) in [5, 5.41) is 2.87. The normalized spacial score (nSPS) is 11.7. The van der Waals surface area contributed by atoms with E-state index in [1.807, 2.05) is 31.2 Å². The van der Waals surface area contributed by atoms with Crippen molar-refractivity contribution in [3.63, 3.8) is 0 Å². The molecule has 0 saturated heterocycles. The van der Waals surface area contributed by atoms with Gasteiger partial charge in [-0.25, -0.2) is 4.79 Å². The van der Waals surface area contributed by atoms with Gasteiger partial charge in [-0.2, -0.15) is 0 Å². The summed E-state index contributed by atoms with van der Waals surface area (Å²) in [6.45, 7) is 2.09. The monoisotopic (exact) mass is 317 g/mol. The molecule has 1 aromatic heterocycles. The maximum absolute atomic E-state index is 12.0. The van der Waals surface area contributed by atoms with Crippen LogP contribution in [0.15, 0.2) is 46.1 Å². The van der Waals surface area contributed by atoms with Gasteiger partial charge in [0.05, 0.1) is 13.2 Å². The zero-order valence-corrected chi connectivity index (χ0v) is 13.0. The highest BCUT2D eigenvalue weighted by molar-refractivity contribution is 5.76. The Bertz CT molecular complexity index is 777.